The smallest absolute Gasteiger partial charge is 0.352 e. The summed E-state index contributed by atoms with van der Waals surface area (Å²) in [5, 5.41) is 18.0. The molecule has 1 N–H and O–H groups in total. The molecule has 0 radical (unpaired) electrons. The van der Waals surface area contributed by atoms with E-state index in [2.05, 4.69) is 32.7 Å². The molecule has 7 nitrogen and oxygen atoms in total. The fourth-order valence-electron chi connectivity index (χ4n) is 1.94. The Balaban J connectivity index is 1.99. The van der Waals surface area contributed by atoms with Crippen LogP contribution in [-0.2, 0) is 16.0 Å². The van der Waals surface area contributed by atoms with Gasteiger partial charge >= 0.3 is 5.97 Å². The zero-order valence-corrected chi connectivity index (χ0v) is 11.6. The van der Waals surface area contributed by atoms with Gasteiger partial charge in [0, 0.05) is 6.54 Å². The third kappa shape index (κ3) is 3.57. The van der Waals surface area contributed by atoms with Gasteiger partial charge in [0.15, 0.2) is 11.4 Å². The maximum Gasteiger partial charge on any atom is 0.352 e. The standard InChI is InChI=1S/C14H15N5O2/c1-21-14(20)12(10-15)13-16-17-18-19(13)9-5-8-11-6-3-2-4-7-11/h2-4,6-7H,5,8-9H2,1H3,(H,16,18)/b13-12+. The van der Waals surface area contributed by atoms with E-state index in [1.165, 1.54) is 12.7 Å². The minimum atomic E-state index is -0.719. The van der Waals surface area contributed by atoms with Gasteiger partial charge in [0.1, 0.15) is 6.07 Å². The van der Waals surface area contributed by atoms with E-state index < -0.39 is 5.97 Å². The number of hydrogen-bond donors (Lipinski definition) is 1. The fourth-order valence-corrected chi connectivity index (χ4v) is 1.94. The van der Waals surface area contributed by atoms with Crippen molar-refractivity contribution in [2.45, 2.75) is 12.8 Å². The normalized spacial score (nSPS) is 15.3. The summed E-state index contributed by atoms with van der Waals surface area (Å²) in [4.78, 5) is 11.5. The lowest BCUT2D eigenvalue weighted by Gasteiger charge is -2.17. The molecule has 0 aromatic heterocycles. The van der Waals surface area contributed by atoms with Crippen molar-refractivity contribution in [1.82, 2.24) is 10.5 Å². The Morgan fingerprint density at radius 3 is 2.86 bits per heavy atom. The molecule has 7 heteroatoms. The largest absolute Gasteiger partial charge is 0.465 e. The molecular weight excluding hydrogens is 270 g/mol. The highest BCUT2D eigenvalue weighted by atomic mass is 16.5. The number of nitrogens with zero attached hydrogens (tertiary/aromatic N) is 4. The van der Waals surface area contributed by atoms with Gasteiger partial charge in [0.2, 0.25) is 0 Å². The highest BCUT2D eigenvalue weighted by Gasteiger charge is 2.24. The average molecular weight is 285 g/mol. The number of hydrogen-bond acceptors (Lipinski definition) is 7. The number of hydrazine groups is 1. The molecule has 0 saturated carbocycles. The molecule has 1 aliphatic heterocycles. The monoisotopic (exact) mass is 285 g/mol. The number of ether oxygens (including phenoxy) is 1. The fraction of sp³-hybridized carbons (Fsp3) is 0.286. The first-order valence-electron chi connectivity index (χ1n) is 6.46. The number of nitriles is 1. The van der Waals surface area contributed by atoms with Crippen LogP contribution in [0.4, 0.5) is 0 Å². The van der Waals surface area contributed by atoms with Crippen molar-refractivity contribution in [2.75, 3.05) is 13.7 Å². The molecule has 0 amide bonds. The van der Waals surface area contributed by atoms with Crippen LogP contribution in [0, 0.1) is 11.3 Å². The van der Waals surface area contributed by atoms with Gasteiger partial charge in [-0.25, -0.2) is 4.79 Å². The lowest BCUT2D eigenvalue weighted by molar-refractivity contribution is -0.135. The van der Waals surface area contributed by atoms with Crippen LogP contribution in [0.15, 0.2) is 52.1 Å². The first-order valence-corrected chi connectivity index (χ1v) is 6.46. The summed E-state index contributed by atoms with van der Waals surface area (Å²) < 4.78 is 4.56. The SMILES string of the molecule is COC(=O)/C(C#N)=C1\N=NNN1CCCc1ccccc1. The predicted molar refractivity (Wildman–Crippen MR) is 74.1 cm³/mol. The second-order valence-electron chi connectivity index (χ2n) is 4.34. The summed E-state index contributed by atoms with van der Waals surface area (Å²) in [7, 11) is 1.22. The first kappa shape index (κ1) is 14.5. The minimum absolute atomic E-state index is 0.161. The number of carbonyl (C=O) groups excluding carboxylic acids is 1. The molecule has 0 aliphatic carbocycles. The van der Waals surface area contributed by atoms with Crippen LogP contribution in [0.3, 0.4) is 0 Å². The highest BCUT2D eigenvalue weighted by molar-refractivity contribution is 5.93. The summed E-state index contributed by atoms with van der Waals surface area (Å²) in [5.41, 5.74) is 3.73. The van der Waals surface area contributed by atoms with Crippen molar-refractivity contribution in [2.24, 2.45) is 10.3 Å². The topological polar surface area (TPSA) is 90.1 Å². The molecule has 0 bridgehead atoms. The van der Waals surface area contributed by atoms with Crippen molar-refractivity contribution >= 4 is 5.97 Å². The van der Waals surface area contributed by atoms with Gasteiger partial charge in [-0.3, -0.25) is 5.01 Å². The number of benzene rings is 1. The molecule has 0 fully saturated rings. The Hall–Kier alpha value is -2.88. The second kappa shape index (κ2) is 7.05. The van der Waals surface area contributed by atoms with Gasteiger partial charge < -0.3 is 4.74 Å². The van der Waals surface area contributed by atoms with Gasteiger partial charge in [-0.05, 0) is 18.4 Å². The molecular formula is C14H15N5O2. The number of aryl methyl sites for hydroxylation is 1. The molecule has 2 rings (SSSR count). The van der Waals surface area contributed by atoms with Crippen LogP contribution in [0.1, 0.15) is 12.0 Å². The third-order valence-corrected chi connectivity index (χ3v) is 2.98. The minimum Gasteiger partial charge on any atom is -0.465 e. The predicted octanol–water partition coefficient (Wildman–Crippen LogP) is 1.71. The molecule has 1 aromatic rings. The number of nitrogens with one attached hydrogen (secondary N) is 1. The Labute approximate surface area is 122 Å². The van der Waals surface area contributed by atoms with Gasteiger partial charge in [-0.15, -0.1) is 5.11 Å². The number of esters is 1. The van der Waals surface area contributed by atoms with Gasteiger partial charge in [-0.2, -0.15) is 10.8 Å². The molecule has 0 atom stereocenters. The van der Waals surface area contributed by atoms with Crippen LogP contribution >= 0.6 is 0 Å². The average Bonchev–Trinajstić information content (AvgIpc) is 2.97. The number of methoxy groups -OCH3 is 1. The first-order chi connectivity index (χ1) is 10.3. The molecule has 1 heterocycles. The summed E-state index contributed by atoms with van der Waals surface area (Å²) in [6.45, 7) is 0.569. The van der Waals surface area contributed by atoms with Crippen LogP contribution in [-0.4, -0.2) is 24.6 Å². The Morgan fingerprint density at radius 2 is 2.19 bits per heavy atom. The van der Waals surface area contributed by atoms with E-state index >= 15 is 0 Å². The molecule has 1 aromatic carbocycles. The highest BCUT2D eigenvalue weighted by Crippen LogP contribution is 2.17. The maximum absolute atomic E-state index is 11.5. The lowest BCUT2D eigenvalue weighted by Crippen LogP contribution is -2.31. The van der Waals surface area contributed by atoms with E-state index in [1.54, 1.807) is 11.1 Å². The van der Waals surface area contributed by atoms with Crippen molar-refractivity contribution in [3.63, 3.8) is 0 Å². The van der Waals surface area contributed by atoms with E-state index in [1.807, 2.05) is 18.2 Å². The Bertz CT molecular complexity index is 604. The maximum atomic E-state index is 11.5. The molecule has 21 heavy (non-hydrogen) atoms. The summed E-state index contributed by atoms with van der Waals surface area (Å²) in [5.74, 6) is -0.527. The van der Waals surface area contributed by atoms with Crippen LogP contribution < -0.4 is 5.53 Å². The van der Waals surface area contributed by atoms with Crippen LogP contribution in [0.5, 0.6) is 0 Å². The third-order valence-electron chi connectivity index (χ3n) is 2.98. The number of carbonyl (C=O) groups is 1. The van der Waals surface area contributed by atoms with Crippen molar-refractivity contribution in [3.05, 3.63) is 47.3 Å². The zero-order valence-electron chi connectivity index (χ0n) is 11.6. The summed E-state index contributed by atoms with van der Waals surface area (Å²) >= 11 is 0. The molecule has 0 saturated heterocycles. The van der Waals surface area contributed by atoms with E-state index in [9.17, 15) is 4.79 Å². The quantitative estimate of drug-likeness (QED) is 0.505. The van der Waals surface area contributed by atoms with Crippen LogP contribution in [0.2, 0.25) is 0 Å². The van der Waals surface area contributed by atoms with E-state index in [-0.39, 0.29) is 11.4 Å². The molecule has 108 valence electrons. The summed E-state index contributed by atoms with van der Waals surface area (Å²) in [6, 6.07) is 11.9. The van der Waals surface area contributed by atoms with E-state index in [4.69, 9.17) is 5.26 Å². The van der Waals surface area contributed by atoms with Crippen LogP contribution in [0.25, 0.3) is 0 Å². The summed E-state index contributed by atoms with van der Waals surface area (Å²) in [6.07, 6.45) is 1.71. The van der Waals surface area contributed by atoms with Gasteiger partial charge in [-0.1, -0.05) is 35.6 Å². The van der Waals surface area contributed by atoms with Gasteiger partial charge in [0.25, 0.3) is 0 Å². The molecule has 0 spiro atoms. The second-order valence-corrected chi connectivity index (χ2v) is 4.34. The van der Waals surface area contributed by atoms with Crippen molar-refractivity contribution in [3.8, 4) is 6.07 Å². The van der Waals surface area contributed by atoms with Gasteiger partial charge in [0.05, 0.1) is 7.11 Å². The lowest BCUT2D eigenvalue weighted by atomic mass is 10.1. The van der Waals surface area contributed by atoms with E-state index in [0.29, 0.717) is 6.54 Å². The zero-order chi connectivity index (χ0) is 15.1. The van der Waals surface area contributed by atoms with Crippen molar-refractivity contribution < 1.29 is 9.53 Å². The Kier molecular flexibility index (Phi) is 4.88. The Morgan fingerprint density at radius 1 is 1.43 bits per heavy atom. The number of rotatable bonds is 5. The van der Waals surface area contributed by atoms with Crippen molar-refractivity contribution in [1.29, 1.82) is 5.26 Å². The van der Waals surface area contributed by atoms with E-state index in [0.717, 1.165) is 12.8 Å². The molecule has 1 aliphatic rings. The molecule has 0 unspecified atom stereocenters.